The highest BCUT2D eigenvalue weighted by Crippen LogP contribution is 2.34. The first-order valence-corrected chi connectivity index (χ1v) is 7.69. The minimum atomic E-state index is -0.406. The molecule has 0 bridgehead atoms. The molecule has 3 aromatic rings. The lowest BCUT2D eigenvalue weighted by molar-refractivity contribution is 0.0950. The Balaban J connectivity index is 1.70. The van der Waals surface area contributed by atoms with Crippen molar-refractivity contribution >= 4 is 35.3 Å². The Kier molecular flexibility index (Phi) is 4.93. The van der Waals surface area contributed by atoms with E-state index < -0.39 is 5.91 Å². The molecule has 2 aromatic heterocycles. The maximum atomic E-state index is 11.8. The van der Waals surface area contributed by atoms with Crippen molar-refractivity contribution in [3.05, 3.63) is 76.2 Å². The van der Waals surface area contributed by atoms with Crippen molar-refractivity contribution < 1.29 is 9.21 Å². The van der Waals surface area contributed by atoms with Gasteiger partial charge in [-0.1, -0.05) is 35.3 Å². The van der Waals surface area contributed by atoms with E-state index in [1.165, 1.54) is 12.4 Å². The predicted molar refractivity (Wildman–Crippen MR) is 93.5 cm³/mol. The highest BCUT2D eigenvalue weighted by molar-refractivity contribution is 6.43. The normalized spacial score (nSPS) is 10.9. The molecule has 0 unspecified atom stereocenters. The lowest BCUT2D eigenvalue weighted by atomic mass is 10.2. The van der Waals surface area contributed by atoms with Gasteiger partial charge >= 0.3 is 0 Å². The summed E-state index contributed by atoms with van der Waals surface area (Å²) < 4.78 is 5.63. The van der Waals surface area contributed by atoms with Gasteiger partial charge in [0.15, 0.2) is 0 Å². The topological polar surface area (TPSA) is 67.5 Å². The Morgan fingerprint density at radius 1 is 1.12 bits per heavy atom. The van der Waals surface area contributed by atoms with Gasteiger partial charge in [0.2, 0.25) is 0 Å². The Bertz CT molecular complexity index is 892. The van der Waals surface area contributed by atoms with Crippen molar-refractivity contribution in [2.75, 3.05) is 0 Å². The van der Waals surface area contributed by atoms with Gasteiger partial charge in [-0.3, -0.25) is 9.78 Å². The number of hydrogen-bond donors (Lipinski definition) is 1. The van der Waals surface area contributed by atoms with Gasteiger partial charge < -0.3 is 4.42 Å². The van der Waals surface area contributed by atoms with Crippen molar-refractivity contribution in [2.45, 2.75) is 0 Å². The van der Waals surface area contributed by atoms with Crippen LogP contribution >= 0.6 is 23.2 Å². The van der Waals surface area contributed by atoms with Crippen LogP contribution in [0, 0.1) is 0 Å². The fourth-order valence-corrected chi connectivity index (χ4v) is 2.36. The molecular weight excluding hydrogens is 349 g/mol. The Morgan fingerprint density at radius 3 is 2.79 bits per heavy atom. The molecule has 0 atom stereocenters. The predicted octanol–water partition coefficient (Wildman–Crippen LogP) is 4.41. The van der Waals surface area contributed by atoms with E-state index in [4.69, 9.17) is 27.6 Å². The number of benzene rings is 1. The molecule has 120 valence electrons. The molecule has 0 saturated heterocycles. The number of rotatable bonds is 4. The molecule has 1 aromatic carbocycles. The van der Waals surface area contributed by atoms with Gasteiger partial charge in [-0.25, -0.2) is 5.43 Å². The van der Waals surface area contributed by atoms with E-state index in [1.54, 1.807) is 48.5 Å². The minimum Gasteiger partial charge on any atom is -0.455 e. The molecule has 3 rings (SSSR count). The van der Waals surface area contributed by atoms with Crippen LogP contribution in [0.25, 0.3) is 11.3 Å². The number of furan rings is 1. The fraction of sp³-hybridized carbons (Fsp3) is 0. The number of hydrogen-bond acceptors (Lipinski definition) is 4. The van der Waals surface area contributed by atoms with Crippen molar-refractivity contribution in [3.63, 3.8) is 0 Å². The number of carbonyl (C=O) groups is 1. The summed E-state index contributed by atoms with van der Waals surface area (Å²) in [7, 11) is 0. The zero-order valence-electron chi connectivity index (χ0n) is 12.2. The summed E-state index contributed by atoms with van der Waals surface area (Å²) in [5.74, 6) is 0.610. The molecular formula is C17H11Cl2N3O2. The summed E-state index contributed by atoms with van der Waals surface area (Å²) in [5.41, 5.74) is 3.34. The fourth-order valence-electron chi connectivity index (χ4n) is 1.97. The molecule has 0 saturated carbocycles. The second-order valence-electron chi connectivity index (χ2n) is 4.72. The molecule has 24 heavy (non-hydrogen) atoms. The average molecular weight is 360 g/mol. The summed E-state index contributed by atoms with van der Waals surface area (Å²) in [6.45, 7) is 0. The van der Waals surface area contributed by atoms with Crippen LogP contribution in [0.4, 0.5) is 0 Å². The number of amides is 1. The largest absolute Gasteiger partial charge is 0.455 e. The summed E-state index contributed by atoms with van der Waals surface area (Å²) in [4.78, 5) is 15.7. The van der Waals surface area contributed by atoms with E-state index in [0.717, 1.165) is 0 Å². The van der Waals surface area contributed by atoms with Gasteiger partial charge in [0, 0.05) is 11.8 Å². The molecule has 7 heteroatoms. The number of carbonyl (C=O) groups excluding carboxylic acids is 1. The number of hydrazone groups is 1. The van der Waals surface area contributed by atoms with Crippen LogP contribution in [0.1, 0.15) is 16.2 Å². The molecule has 1 amide bonds. The lowest BCUT2D eigenvalue weighted by Crippen LogP contribution is -2.18. The summed E-state index contributed by atoms with van der Waals surface area (Å²) in [5, 5.41) is 4.71. The van der Waals surface area contributed by atoms with Crippen molar-refractivity contribution in [1.82, 2.24) is 10.4 Å². The second-order valence-corrected chi connectivity index (χ2v) is 5.50. The van der Waals surface area contributed by atoms with Gasteiger partial charge in [0.25, 0.3) is 5.91 Å². The van der Waals surface area contributed by atoms with Crippen LogP contribution in [0.15, 0.2) is 64.2 Å². The third-order valence-corrected chi connectivity index (χ3v) is 3.92. The minimum absolute atomic E-state index is 0.278. The maximum Gasteiger partial charge on any atom is 0.289 e. The number of aromatic nitrogens is 1. The second kappa shape index (κ2) is 7.29. The first-order valence-electron chi connectivity index (χ1n) is 6.94. The first-order chi connectivity index (χ1) is 11.6. The number of pyridine rings is 1. The average Bonchev–Trinajstić information content (AvgIpc) is 3.06. The summed E-state index contributed by atoms with van der Waals surface area (Å²) >= 11 is 12.2. The zero-order chi connectivity index (χ0) is 16.9. The van der Waals surface area contributed by atoms with E-state index in [0.29, 0.717) is 27.1 Å². The SMILES string of the molecule is O=C(N/N=C\c1ccc(-c2cccc(Cl)c2Cl)o1)c1ccccn1. The van der Waals surface area contributed by atoms with Crippen molar-refractivity contribution in [3.8, 4) is 11.3 Å². The van der Waals surface area contributed by atoms with Gasteiger partial charge in [-0.2, -0.15) is 5.10 Å². The van der Waals surface area contributed by atoms with E-state index in [2.05, 4.69) is 15.5 Å². The van der Waals surface area contributed by atoms with Crippen LogP contribution in [-0.4, -0.2) is 17.1 Å². The van der Waals surface area contributed by atoms with Gasteiger partial charge in [0.1, 0.15) is 17.2 Å². The molecule has 0 spiro atoms. The number of halogens is 2. The Labute approximate surface area is 147 Å². The van der Waals surface area contributed by atoms with E-state index in [-0.39, 0.29) is 5.69 Å². The summed E-state index contributed by atoms with van der Waals surface area (Å²) in [6.07, 6.45) is 2.93. The van der Waals surface area contributed by atoms with Crippen molar-refractivity contribution in [1.29, 1.82) is 0 Å². The quantitative estimate of drug-likeness (QED) is 0.554. The van der Waals surface area contributed by atoms with Crippen LogP contribution in [-0.2, 0) is 0 Å². The Morgan fingerprint density at radius 2 is 2.00 bits per heavy atom. The molecule has 0 fully saturated rings. The van der Waals surface area contributed by atoms with Crippen molar-refractivity contribution in [2.24, 2.45) is 5.10 Å². The van der Waals surface area contributed by atoms with E-state index in [1.807, 2.05) is 0 Å². The Hall–Kier alpha value is -2.63. The van der Waals surface area contributed by atoms with Crippen LogP contribution in [0.5, 0.6) is 0 Å². The van der Waals surface area contributed by atoms with Crippen LogP contribution in [0.3, 0.4) is 0 Å². The molecule has 0 aliphatic carbocycles. The summed E-state index contributed by atoms with van der Waals surface area (Å²) in [6, 6.07) is 13.8. The maximum absolute atomic E-state index is 11.8. The molecule has 0 aliphatic rings. The third kappa shape index (κ3) is 3.64. The smallest absolute Gasteiger partial charge is 0.289 e. The molecule has 2 heterocycles. The monoisotopic (exact) mass is 359 g/mol. The van der Waals surface area contributed by atoms with Crippen LogP contribution < -0.4 is 5.43 Å². The molecule has 0 aliphatic heterocycles. The molecule has 0 radical (unpaired) electrons. The molecule has 1 N–H and O–H groups in total. The van der Waals surface area contributed by atoms with Crippen LogP contribution in [0.2, 0.25) is 10.0 Å². The number of nitrogens with zero attached hydrogens (tertiary/aromatic N) is 2. The lowest BCUT2D eigenvalue weighted by Gasteiger charge is -2.01. The highest BCUT2D eigenvalue weighted by atomic mass is 35.5. The van der Waals surface area contributed by atoms with Gasteiger partial charge in [-0.15, -0.1) is 0 Å². The zero-order valence-corrected chi connectivity index (χ0v) is 13.8. The van der Waals surface area contributed by atoms with E-state index in [9.17, 15) is 4.79 Å². The molecule has 5 nitrogen and oxygen atoms in total. The first kappa shape index (κ1) is 16.2. The third-order valence-electron chi connectivity index (χ3n) is 3.10. The number of nitrogens with one attached hydrogen (secondary N) is 1. The highest BCUT2D eigenvalue weighted by Gasteiger charge is 2.10. The van der Waals surface area contributed by atoms with Gasteiger partial charge in [-0.05, 0) is 36.4 Å². The standard InChI is InChI=1S/C17H11Cl2N3O2/c18-13-5-3-4-12(16(13)19)15-8-7-11(24-15)10-21-22-17(23)14-6-1-2-9-20-14/h1-10H,(H,22,23)/b21-10-. The van der Waals surface area contributed by atoms with Gasteiger partial charge in [0.05, 0.1) is 16.3 Å². The van der Waals surface area contributed by atoms with E-state index >= 15 is 0 Å².